The van der Waals surface area contributed by atoms with E-state index in [4.69, 9.17) is 15.3 Å². The number of hydrogen-bond acceptors (Lipinski definition) is 5. The summed E-state index contributed by atoms with van der Waals surface area (Å²) in [7, 11) is 0. The van der Waals surface area contributed by atoms with Gasteiger partial charge >= 0.3 is 17.9 Å². The SMILES string of the molecule is CCN(CCC(=O)O)Cc1ccc(CN(CCC(=O)O)CCC(=O)O)cc1. The Morgan fingerprint density at radius 1 is 0.704 bits per heavy atom. The molecular formula is C19H28N2O6. The number of aliphatic carboxylic acids is 3. The van der Waals surface area contributed by atoms with Crippen molar-refractivity contribution in [3.8, 4) is 0 Å². The quantitative estimate of drug-likeness (QED) is 0.447. The highest BCUT2D eigenvalue weighted by Crippen LogP contribution is 2.11. The first-order valence-corrected chi connectivity index (χ1v) is 8.98. The second kappa shape index (κ2) is 12.0. The predicted molar refractivity (Wildman–Crippen MR) is 99.4 cm³/mol. The number of carboxylic acids is 3. The van der Waals surface area contributed by atoms with Crippen LogP contribution < -0.4 is 0 Å². The maximum absolute atomic E-state index is 10.8. The molecule has 1 aromatic carbocycles. The summed E-state index contributed by atoms with van der Waals surface area (Å²) in [5.41, 5.74) is 2.04. The van der Waals surface area contributed by atoms with Gasteiger partial charge < -0.3 is 15.3 Å². The number of carbonyl (C=O) groups is 3. The lowest BCUT2D eigenvalue weighted by molar-refractivity contribution is -0.138. The molecular weight excluding hydrogens is 352 g/mol. The molecule has 1 aromatic rings. The van der Waals surface area contributed by atoms with Crippen molar-refractivity contribution in [3.63, 3.8) is 0 Å². The van der Waals surface area contributed by atoms with Crippen molar-refractivity contribution < 1.29 is 29.7 Å². The van der Waals surface area contributed by atoms with Crippen molar-refractivity contribution in [2.24, 2.45) is 0 Å². The average molecular weight is 380 g/mol. The van der Waals surface area contributed by atoms with Gasteiger partial charge in [0, 0.05) is 32.7 Å². The van der Waals surface area contributed by atoms with Gasteiger partial charge in [-0.2, -0.15) is 0 Å². The molecule has 0 bridgehead atoms. The summed E-state index contributed by atoms with van der Waals surface area (Å²) in [6.07, 6.45) is 0.0352. The molecule has 0 saturated carbocycles. The summed E-state index contributed by atoms with van der Waals surface area (Å²) in [6, 6.07) is 7.81. The predicted octanol–water partition coefficient (Wildman–Crippen LogP) is 1.73. The summed E-state index contributed by atoms with van der Waals surface area (Å²) < 4.78 is 0. The number of benzene rings is 1. The van der Waals surface area contributed by atoms with Crippen LogP contribution in [-0.4, -0.2) is 69.2 Å². The molecule has 8 nitrogen and oxygen atoms in total. The average Bonchev–Trinajstić information content (AvgIpc) is 2.61. The molecule has 0 aliphatic carbocycles. The standard InChI is InChI=1S/C19H28N2O6/c1-2-20(10-7-17(22)23)13-15-3-5-16(6-4-15)14-21(11-8-18(24)25)12-9-19(26)27/h3-6H,2,7-14H2,1H3,(H,22,23)(H,24,25)(H,26,27). The summed E-state index contributed by atoms with van der Waals surface area (Å²) in [6.45, 7) is 4.97. The van der Waals surface area contributed by atoms with Gasteiger partial charge in [-0.1, -0.05) is 31.2 Å². The monoisotopic (exact) mass is 380 g/mol. The Labute approximate surface area is 159 Å². The molecule has 0 amide bonds. The number of nitrogens with zero attached hydrogens (tertiary/aromatic N) is 2. The van der Waals surface area contributed by atoms with Crippen LogP contribution in [0, 0.1) is 0 Å². The van der Waals surface area contributed by atoms with E-state index in [-0.39, 0.29) is 19.3 Å². The Kier molecular flexibility index (Phi) is 10.1. The summed E-state index contributed by atoms with van der Waals surface area (Å²) >= 11 is 0. The lowest BCUT2D eigenvalue weighted by Gasteiger charge is -2.22. The topological polar surface area (TPSA) is 118 Å². The highest BCUT2D eigenvalue weighted by Gasteiger charge is 2.11. The van der Waals surface area contributed by atoms with Crippen LogP contribution in [-0.2, 0) is 27.5 Å². The van der Waals surface area contributed by atoms with Crippen molar-refractivity contribution in [2.75, 3.05) is 26.2 Å². The first kappa shape index (κ1) is 22.6. The minimum atomic E-state index is -0.910. The number of hydrogen-bond donors (Lipinski definition) is 3. The van der Waals surface area contributed by atoms with Gasteiger partial charge in [0.2, 0.25) is 0 Å². The molecule has 0 aliphatic heterocycles. The van der Waals surface area contributed by atoms with Gasteiger partial charge in [0.05, 0.1) is 19.3 Å². The second-order valence-corrected chi connectivity index (χ2v) is 6.39. The van der Waals surface area contributed by atoms with Crippen LogP contribution >= 0.6 is 0 Å². The van der Waals surface area contributed by atoms with E-state index < -0.39 is 17.9 Å². The Hall–Kier alpha value is -2.45. The zero-order chi connectivity index (χ0) is 20.2. The minimum absolute atomic E-state index is 0.0350. The summed E-state index contributed by atoms with van der Waals surface area (Å²) in [4.78, 5) is 36.1. The van der Waals surface area contributed by atoms with E-state index in [1.807, 2.05) is 36.1 Å². The molecule has 0 fully saturated rings. The number of rotatable bonds is 14. The smallest absolute Gasteiger partial charge is 0.304 e. The molecule has 0 heterocycles. The third kappa shape index (κ3) is 10.3. The molecule has 3 N–H and O–H groups in total. The van der Waals surface area contributed by atoms with E-state index in [1.165, 1.54) is 0 Å². The van der Waals surface area contributed by atoms with Gasteiger partial charge in [0.25, 0.3) is 0 Å². The molecule has 0 atom stereocenters. The van der Waals surface area contributed by atoms with Crippen LogP contribution in [0.15, 0.2) is 24.3 Å². The normalized spacial score (nSPS) is 11.1. The maximum atomic E-state index is 10.8. The molecule has 0 aliphatic rings. The van der Waals surface area contributed by atoms with Crippen LogP contribution in [0.1, 0.15) is 37.3 Å². The largest absolute Gasteiger partial charge is 0.481 e. The first-order chi connectivity index (χ1) is 12.8. The minimum Gasteiger partial charge on any atom is -0.481 e. The molecule has 8 heteroatoms. The van der Waals surface area contributed by atoms with E-state index in [0.29, 0.717) is 32.7 Å². The molecule has 0 spiro atoms. The second-order valence-electron chi connectivity index (χ2n) is 6.39. The third-order valence-corrected chi connectivity index (χ3v) is 4.21. The third-order valence-electron chi connectivity index (χ3n) is 4.21. The van der Waals surface area contributed by atoms with Crippen molar-refractivity contribution in [1.29, 1.82) is 0 Å². The van der Waals surface area contributed by atoms with Gasteiger partial charge in [-0.05, 0) is 17.7 Å². The first-order valence-electron chi connectivity index (χ1n) is 8.98. The van der Waals surface area contributed by atoms with Gasteiger partial charge in [0.15, 0.2) is 0 Å². The van der Waals surface area contributed by atoms with Crippen molar-refractivity contribution in [1.82, 2.24) is 9.80 Å². The molecule has 150 valence electrons. The Morgan fingerprint density at radius 2 is 1.04 bits per heavy atom. The molecule has 0 saturated heterocycles. The van der Waals surface area contributed by atoms with Crippen LogP contribution in [0.2, 0.25) is 0 Å². The van der Waals surface area contributed by atoms with Crippen molar-refractivity contribution >= 4 is 17.9 Å². The van der Waals surface area contributed by atoms with Crippen molar-refractivity contribution in [2.45, 2.75) is 39.3 Å². The fourth-order valence-electron chi connectivity index (χ4n) is 2.65. The van der Waals surface area contributed by atoms with E-state index >= 15 is 0 Å². The highest BCUT2D eigenvalue weighted by molar-refractivity contribution is 5.67. The van der Waals surface area contributed by atoms with Crippen LogP contribution in [0.3, 0.4) is 0 Å². The van der Waals surface area contributed by atoms with E-state index in [1.54, 1.807) is 0 Å². The van der Waals surface area contributed by atoms with E-state index in [2.05, 4.69) is 4.90 Å². The molecule has 0 unspecified atom stereocenters. The molecule has 1 rings (SSSR count). The number of carboxylic acid groups (broad SMARTS) is 3. The Balaban J connectivity index is 2.63. The summed E-state index contributed by atoms with van der Waals surface area (Å²) in [5.74, 6) is -2.63. The van der Waals surface area contributed by atoms with Crippen LogP contribution in [0.5, 0.6) is 0 Å². The van der Waals surface area contributed by atoms with Crippen LogP contribution in [0.4, 0.5) is 0 Å². The molecule has 0 radical (unpaired) electrons. The van der Waals surface area contributed by atoms with Gasteiger partial charge in [-0.15, -0.1) is 0 Å². The zero-order valence-electron chi connectivity index (χ0n) is 15.6. The fraction of sp³-hybridized carbons (Fsp3) is 0.526. The van der Waals surface area contributed by atoms with E-state index in [0.717, 1.165) is 17.7 Å². The van der Waals surface area contributed by atoms with Gasteiger partial charge in [0.1, 0.15) is 0 Å². The van der Waals surface area contributed by atoms with Gasteiger partial charge in [-0.25, -0.2) is 0 Å². The maximum Gasteiger partial charge on any atom is 0.304 e. The molecule has 0 aromatic heterocycles. The Bertz CT molecular complexity index is 599. The van der Waals surface area contributed by atoms with Crippen molar-refractivity contribution in [3.05, 3.63) is 35.4 Å². The van der Waals surface area contributed by atoms with Crippen LogP contribution in [0.25, 0.3) is 0 Å². The van der Waals surface area contributed by atoms with Gasteiger partial charge in [-0.3, -0.25) is 24.2 Å². The Morgan fingerprint density at radius 3 is 1.37 bits per heavy atom. The zero-order valence-corrected chi connectivity index (χ0v) is 15.6. The molecule has 27 heavy (non-hydrogen) atoms. The lowest BCUT2D eigenvalue weighted by atomic mass is 10.1. The highest BCUT2D eigenvalue weighted by atomic mass is 16.4. The summed E-state index contributed by atoms with van der Waals surface area (Å²) in [5, 5.41) is 26.5. The lowest BCUT2D eigenvalue weighted by Crippen LogP contribution is -2.28. The van der Waals surface area contributed by atoms with E-state index in [9.17, 15) is 14.4 Å². The fourth-order valence-corrected chi connectivity index (χ4v) is 2.65.